The molecule has 1 unspecified atom stereocenters. The zero-order chi connectivity index (χ0) is 24.4. The molecule has 1 heterocycles. The number of nitrogens with zero attached hydrogens (tertiary/aromatic N) is 3. The number of aromatic nitrogens is 2. The predicted molar refractivity (Wildman–Crippen MR) is 133 cm³/mol. The average molecular weight is 468 g/mol. The van der Waals surface area contributed by atoms with Crippen LogP contribution in [0.2, 0.25) is 0 Å². The number of aliphatic hydroxyl groups is 2. The summed E-state index contributed by atoms with van der Waals surface area (Å²) < 4.78 is 1.76. The minimum Gasteiger partial charge on any atom is -0.390 e. The van der Waals surface area contributed by atoms with Crippen molar-refractivity contribution in [1.29, 1.82) is 5.26 Å². The Kier molecular flexibility index (Phi) is 5.97. The molecular formula is C29H45N3O2. The Bertz CT molecular complexity index is 949. The molecule has 0 aromatic carbocycles. The van der Waals surface area contributed by atoms with Crippen LogP contribution in [0, 0.1) is 51.8 Å². The summed E-state index contributed by atoms with van der Waals surface area (Å²) in [4.78, 5) is 0. The molecule has 4 aliphatic carbocycles. The second kappa shape index (κ2) is 8.34. The SMILES string of the molecule is CCC[C@@]1(O)CC[C@@]2(C)[C@@H](CC[C@@H]3[C@@H]2CC[C@]2(C)C([C@@](C)(O)Cn4cc(C#N)cn4)CC[C@@H]32)C1. The van der Waals surface area contributed by atoms with Crippen molar-refractivity contribution < 1.29 is 10.2 Å². The standard InChI is InChI=1S/C29H45N3O2/c1-5-11-29(34)14-13-26(2)21(15-29)6-7-22-23-8-9-25(27(23,3)12-10-24(22)26)28(4,33)19-32-18-20(16-30)17-31-32/h17-18,21-25,33-34H,5-15,19H2,1-4H3/t21-,22-,23-,24-,25?,26-,27-,28-,29+/m0/s1. The van der Waals surface area contributed by atoms with E-state index in [2.05, 4.69) is 31.9 Å². The van der Waals surface area contributed by atoms with E-state index >= 15 is 0 Å². The van der Waals surface area contributed by atoms with Gasteiger partial charge in [0.2, 0.25) is 0 Å². The Morgan fingerprint density at radius 1 is 1.12 bits per heavy atom. The van der Waals surface area contributed by atoms with Crippen molar-refractivity contribution in [1.82, 2.24) is 9.78 Å². The molecule has 0 saturated heterocycles. The first-order valence-electron chi connectivity index (χ1n) is 13.9. The molecule has 5 heteroatoms. The number of nitriles is 1. The van der Waals surface area contributed by atoms with Gasteiger partial charge in [0.1, 0.15) is 6.07 Å². The molecule has 0 radical (unpaired) electrons. The van der Waals surface area contributed by atoms with E-state index in [4.69, 9.17) is 5.26 Å². The van der Waals surface area contributed by atoms with Crippen LogP contribution in [0.1, 0.15) is 104 Å². The first kappa shape index (κ1) is 24.3. The predicted octanol–water partition coefficient (Wildman–Crippen LogP) is 5.70. The summed E-state index contributed by atoms with van der Waals surface area (Å²) in [7, 11) is 0. The molecule has 9 atom stereocenters. The summed E-state index contributed by atoms with van der Waals surface area (Å²) in [6.07, 6.45) is 15.9. The second-order valence-electron chi connectivity index (χ2n) is 13.4. The van der Waals surface area contributed by atoms with E-state index < -0.39 is 11.2 Å². The molecule has 34 heavy (non-hydrogen) atoms. The van der Waals surface area contributed by atoms with Gasteiger partial charge in [-0.25, -0.2) is 0 Å². The first-order valence-corrected chi connectivity index (χ1v) is 13.9. The molecule has 2 N–H and O–H groups in total. The van der Waals surface area contributed by atoms with Crippen LogP contribution in [-0.2, 0) is 6.54 Å². The van der Waals surface area contributed by atoms with Crippen molar-refractivity contribution in [2.24, 2.45) is 40.4 Å². The molecule has 4 aliphatic rings. The fourth-order valence-electron chi connectivity index (χ4n) is 9.98. The van der Waals surface area contributed by atoms with E-state index in [1.807, 2.05) is 6.92 Å². The fourth-order valence-corrected chi connectivity index (χ4v) is 9.98. The minimum atomic E-state index is -0.836. The van der Waals surface area contributed by atoms with Crippen LogP contribution in [0.15, 0.2) is 12.4 Å². The summed E-state index contributed by atoms with van der Waals surface area (Å²) >= 11 is 0. The van der Waals surface area contributed by atoms with Gasteiger partial charge in [0.05, 0.1) is 29.5 Å². The molecule has 5 nitrogen and oxygen atoms in total. The van der Waals surface area contributed by atoms with Crippen LogP contribution in [0.25, 0.3) is 0 Å². The van der Waals surface area contributed by atoms with E-state index in [0.717, 1.165) is 43.9 Å². The minimum absolute atomic E-state index is 0.163. The molecule has 5 rings (SSSR count). The first-order chi connectivity index (χ1) is 16.0. The molecule has 0 bridgehead atoms. The molecule has 0 amide bonds. The van der Waals surface area contributed by atoms with Gasteiger partial charge in [0, 0.05) is 6.20 Å². The second-order valence-corrected chi connectivity index (χ2v) is 13.4. The summed E-state index contributed by atoms with van der Waals surface area (Å²) in [6.45, 7) is 9.68. The van der Waals surface area contributed by atoms with Gasteiger partial charge in [-0.3, -0.25) is 4.68 Å². The maximum Gasteiger partial charge on any atom is 0.102 e. The topological polar surface area (TPSA) is 82.1 Å². The van der Waals surface area contributed by atoms with E-state index in [9.17, 15) is 10.2 Å². The van der Waals surface area contributed by atoms with E-state index in [-0.39, 0.29) is 11.3 Å². The van der Waals surface area contributed by atoms with Gasteiger partial charge in [0.15, 0.2) is 0 Å². The van der Waals surface area contributed by atoms with Gasteiger partial charge in [-0.1, -0.05) is 27.2 Å². The molecule has 0 spiro atoms. The van der Waals surface area contributed by atoms with Gasteiger partial charge in [0.25, 0.3) is 0 Å². The third-order valence-electron chi connectivity index (χ3n) is 11.5. The molecular weight excluding hydrogens is 422 g/mol. The number of fused-ring (bicyclic) bond motifs is 5. The van der Waals surface area contributed by atoms with Gasteiger partial charge in [-0.05, 0) is 112 Å². The molecule has 4 saturated carbocycles. The van der Waals surface area contributed by atoms with Crippen molar-refractivity contribution in [3.05, 3.63) is 18.0 Å². The maximum absolute atomic E-state index is 11.7. The Morgan fingerprint density at radius 2 is 1.88 bits per heavy atom. The third kappa shape index (κ3) is 3.75. The van der Waals surface area contributed by atoms with Crippen LogP contribution >= 0.6 is 0 Å². The normalized spacial score (nSPS) is 45.5. The van der Waals surface area contributed by atoms with Gasteiger partial charge in [-0.2, -0.15) is 10.4 Å². The maximum atomic E-state index is 11.7. The third-order valence-corrected chi connectivity index (χ3v) is 11.5. The average Bonchev–Trinajstić information content (AvgIpc) is 3.38. The highest BCUT2D eigenvalue weighted by Gasteiger charge is 2.63. The quantitative estimate of drug-likeness (QED) is 0.582. The van der Waals surface area contributed by atoms with Crippen LogP contribution in [-0.4, -0.2) is 31.2 Å². The van der Waals surface area contributed by atoms with Crippen LogP contribution in [0.3, 0.4) is 0 Å². The summed E-state index contributed by atoms with van der Waals surface area (Å²) in [5, 5.41) is 36.4. The largest absolute Gasteiger partial charge is 0.390 e. The lowest BCUT2D eigenvalue weighted by atomic mass is 9.43. The Labute approximate surface area is 205 Å². The van der Waals surface area contributed by atoms with E-state index in [1.165, 1.54) is 38.5 Å². The van der Waals surface area contributed by atoms with E-state index in [1.54, 1.807) is 17.1 Å². The molecule has 1 aromatic rings. The zero-order valence-corrected chi connectivity index (χ0v) is 21.8. The highest BCUT2D eigenvalue weighted by molar-refractivity contribution is 5.22. The molecule has 4 fully saturated rings. The van der Waals surface area contributed by atoms with Gasteiger partial charge < -0.3 is 10.2 Å². The van der Waals surface area contributed by atoms with Crippen LogP contribution < -0.4 is 0 Å². The molecule has 0 aliphatic heterocycles. The van der Waals surface area contributed by atoms with Crippen molar-refractivity contribution in [2.75, 3.05) is 0 Å². The number of hydrogen-bond acceptors (Lipinski definition) is 4. The lowest BCUT2D eigenvalue weighted by Gasteiger charge is -2.62. The molecule has 1 aromatic heterocycles. The smallest absolute Gasteiger partial charge is 0.102 e. The van der Waals surface area contributed by atoms with Crippen LogP contribution in [0.5, 0.6) is 0 Å². The highest BCUT2D eigenvalue weighted by Crippen LogP contribution is 2.69. The Balaban J connectivity index is 1.34. The summed E-state index contributed by atoms with van der Waals surface area (Å²) in [5.74, 6) is 3.13. The summed E-state index contributed by atoms with van der Waals surface area (Å²) in [6, 6.07) is 2.14. The van der Waals surface area contributed by atoms with Gasteiger partial charge >= 0.3 is 0 Å². The highest BCUT2D eigenvalue weighted by atomic mass is 16.3. The van der Waals surface area contributed by atoms with Crippen molar-refractivity contribution >= 4 is 0 Å². The van der Waals surface area contributed by atoms with Gasteiger partial charge in [-0.15, -0.1) is 0 Å². The van der Waals surface area contributed by atoms with Crippen molar-refractivity contribution in [3.63, 3.8) is 0 Å². The summed E-state index contributed by atoms with van der Waals surface area (Å²) in [5.41, 5.74) is -0.179. The lowest BCUT2D eigenvalue weighted by molar-refractivity contribution is -0.163. The Morgan fingerprint density at radius 3 is 2.59 bits per heavy atom. The number of rotatable bonds is 5. The molecule has 188 valence electrons. The fraction of sp³-hybridized carbons (Fsp3) is 0.862. The van der Waals surface area contributed by atoms with Crippen LogP contribution in [0.4, 0.5) is 0 Å². The van der Waals surface area contributed by atoms with E-state index in [0.29, 0.717) is 29.4 Å². The monoisotopic (exact) mass is 467 g/mol. The van der Waals surface area contributed by atoms with Crippen molar-refractivity contribution in [2.45, 2.75) is 116 Å². The number of hydrogen-bond donors (Lipinski definition) is 2. The zero-order valence-electron chi connectivity index (χ0n) is 21.8. The Hall–Kier alpha value is -1.38. The van der Waals surface area contributed by atoms with Crippen molar-refractivity contribution in [3.8, 4) is 6.07 Å². The lowest BCUT2D eigenvalue weighted by Crippen LogP contribution is -2.57.